The number of hydrogen-bond acceptors (Lipinski definition) is 3. The molecule has 0 saturated carbocycles. The van der Waals surface area contributed by atoms with Gasteiger partial charge in [-0.05, 0) is 6.42 Å². The fourth-order valence-corrected chi connectivity index (χ4v) is 1.55. The van der Waals surface area contributed by atoms with Gasteiger partial charge in [0.25, 0.3) is 0 Å². The van der Waals surface area contributed by atoms with Crippen molar-refractivity contribution in [1.82, 2.24) is 4.90 Å². The van der Waals surface area contributed by atoms with Gasteiger partial charge in [-0.3, -0.25) is 9.69 Å². The van der Waals surface area contributed by atoms with Crippen molar-refractivity contribution in [2.24, 2.45) is 0 Å². The third-order valence-corrected chi connectivity index (χ3v) is 2.50. The van der Waals surface area contributed by atoms with E-state index in [1.807, 2.05) is 0 Å². The molecule has 0 aromatic carbocycles. The van der Waals surface area contributed by atoms with Gasteiger partial charge in [0, 0.05) is 19.6 Å². The molecule has 1 atom stereocenters. The van der Waals surface area contributed by atoms with E-state index in [0.717, 1.165) is 0 Å². The van der Waals surface area contributed by atoms with Gasteiger partial charge < -0.3 is 10.2 Å². The molecule has 1 fully saturated rings. The number of carboxylic acid groups (broad SMARTS) is 1. The maximum Gasteiger partial charge on any atom is 0.418 e. The van der Waals surface area contributed by atoms with Crippen LogP contribution in [0.1, 0.15) is 12.8 Å². The fourth-order valence-electron chi connectivity index (χ4n) is 1.55. The zero-order chi connectivity index (χ0) is 11.7. The van der Waals surface area contributed by atoms with Crippen LogP contribution in [0.25, 0.3) is 0 Å². The smallest absolute Gasteiger partial charge is 0.418 e. The Bertz CT molecular complexity index is 256. The number of aliphatic hydroxyl groups is 1. The minimum atomic E-state index is -4.65. The zero-order valence-corrected chi connectivity index (χ0v) is 7.92. The third-order valence-electron chi connectivity index (χ3n) is 2.50. The molecule has 0 radical (unpaired) electrons. The Morgan fingerprint density at radius 2 is 2.07 bits per heavy atom. The largest absolute Gasteiger partial charge is 0.481 e. The summed E-state index contributed by atoms with van der Waals surface area (Å²) in [6.07, 6.45) is -5.25. The van der Waals surface area contributed by atoms with Gasteiger partial charge in [0.15, 0.2) is 5.60 Å². The van der Waals surface area contributed by atoms with Crippen LogP contribution in [0.15, 0.2) is 0 Å². The van der Waals surface area contributed by atoms with E-state index in [2.05, 4.69) is 0 Å². The molecule has 1 unspecified atom stereocenters. The second kappa shape index (κ2) is 3.97. The number of hydrogen-bond donors (Lipinski definition) is 2. The predicted molar refractivity (Wildman–Crippen MR) is 44.3 cm³/mol. The van der Waals surface area contributed by atoms with Gasteiger partial charge >= 0.3 is 12.1 Å². The highest BCUT2D eigenvalue weighted by Crippen LogP contribution is 2.37. The van der Waals surface area contributed by atoms with Crippen molar-refractivity contribution in [2.45, 2.75) is 24.6 Å². The summed E-state index contributed by atoms with van der Waals surface area (Å²) < 4.78 is 37.0. The van der Waals surface area contributed by atoms with Crippen LogP contribution in [0.5, 0.6) is 0 Å². The van der Waals surface area contributed by atoms with Gasteiger partial charge in [0.1, 0.15) is 0 Å². The first-order chi connectivity index (χ1) is 6.74. The molecule has 0 aliphatic carbocycles. The van der Waals surface area contributed by atoms with E-state index in [4.69, 9.17) is 5.11 Å². The van der Waals surface area contributed by atoms with Crippen molar-refractivity contribution in [1.29, 1.82) is 0 Å². The molecule has 0 aromatic rings. The summed E-state index contributed by atoms with van der Waals surface area (Å²) in [5, 5.41) is 17.6. The second-order valence-electron chi connectivity index (χ2n) is 3.70. The number of nitrogens with zero attached hydrogens (tertiary/aromatic N) is 1. The Morgan fingerprint density at radius 3 is 2.47 bits per heavy atom. The summed E-state index contributed by atoms with van der Waals surface area (Å²) in [6, 6.07) is 0. The first kappa shape index (κ1) is 12.3. The Hall–Kier alpha value is -0.820. The van der Waals surface area contributed by atoms with Crippen LogP contribution in [-0.2, 0) is 4.79 Å². The number of carbonyl (C=O) groups is 1. The summed E-state index contributed by atoms with van der Waals surface area (Å²) in [5.41, 5.74) is -2.68. The molecule has 15 heavy (non-hydrogen) atoms. The van der Waals surface area contributed by atoms with E-state index < -0.39 is 30.7 Å². The van der Waals surface area contributed by atoms with Gasteiger partial charge in [-0.25, -0.2) is 0 Å². The monoisotopic (exact) mass is 227 g/mol. The van der Waals surface area contributed by atoms with Crippen molar-refractivity contribution < 1.29 is 28.2 Å². The number of rotatable bonds is 3. The predicted octanol–water partition coefficient (Wildman–Crippen LogP) is 0.460. The van der Waals surface area contributed by atoms with E-state index >= 15 is 0 Å². The SMILES string of the molecule is O=C(O)CCN1CCC(O)(C(F)(F)F)C1. The lowest BCUT2D eigenvalue weighted by Gasteiger charge is -2.25. The second-order valence-corrected chi connectivity index (χ2v) is 3.70. The minimum absolute atomic E-state index is 0.0354. The minimum Gasteiger partial charge on any atom is -0.481 e. The van der Waals surface area contributed by atoms with Crippen molar-refractivity contribution in [2.75, 3.05) is 19.6 Å². The van der Waals surface area contributed by atoms with E-state index in [-0.39, 0.29) is 19.5 Å². The molecule has 0 spiro atoms. The van der Waals surface area contributed by atoms with Gasteiger partial charge in [-0.15, -0.1) is 0 Å². The highest BCUT2D eigenvalue weighted by molar-refractivity contribution is 5.66. The number of aliphatic carboxylic acids is 1. The van der Waals surface area contributed by atoms with Gasteiger partial charge in [0.2, 0.25) is 0 Å². The molecule has 1 saturated heterocycles. The van der Waals surface area contributed by atoms with Crippen LogP contribution in [-0.4, -0.2) is 52.5 Å². The summed E-state index contributed by atoms with van der Waals surface area (Å²) in [6.45, 7) is -0.430. The number of carboxylic acids is 1. The molecule has 7 heteroatoms. The molecule has 4 nitrogen and oxygen atoms in total. The average Bonchev–Trinajstić information content (AvgIpc) is 2.44. The topological polar surface area (TPSA) is 60.8 Å². The van der Waals surface area contributed by atoms with Crippen LogP contribution >= 0.6 is 0 Å². The van der Waals surface area contributed by atoms with E-state index in [0.29, 0.717) is 0 Å². The molecular formula is C8H12F3NO3. The zero-order valence-electron chi connectivity index (χ0n) is 7.92. The molecule has 88 valence electrons. The van der Waals surface area contributed by atoms with E-state index in [9.17, 15) is 23.1 Å². The molecule has 1 aliphatic rings. The molecule has 2 N–H and O–H groups in total. The highest BCUT2D eigenvalue weighted by Gasteiger charge is 2.56. The van der Waals surface area contributed by atoms with Crippen LogP contribution in [0.3, 0.4) is 0 Å². The molecule has 1 aliphatic heterocycles. The third kappa shape index (κ3) is 2.82. The molecule has 0 bridgehead atoms. The van der Waals surface area contributed by atoms with Crippen LogP contribution in [0.2, 0.25) is 0 Å². The van der Waals surface area contributed by atoms with Gasteiger partial charge in [-0.1, -0.05) is 0 Å². The maximum atomic E-state index is 12.3. The molecule has 1 heterocycles. The van der Waals surface area contributed by atoms with E-state index in [1.54, 1.807) is 0 Å². The van der Waals surface area contributed by atoms with Crippen molar-refractivity contribution >= 4 is 5.97 Å². The summed E-state index contributed by atoms with van der Waals surface area (Å²) in [5.74, 6) is -1.06. The fraction of sp³-hybridized carbons (Fsp3) is 0.875. The number of β-amino-alcohol motifs (C(OH)–C–C–N with tert-alkyl or cyclic N) is 1. The van der Waals surface area contributed by atoms with Crippen LogP contribution in [0.4, 0.5) is 13.2 Å². The Morgan fingerprint density at radius 1 is 1.47 bits per heavy atom. The number of likely N-dealkylation sites (tertiary alicyclic amines) is 1. The van der Waals surface area contributed by atoms with Crippen molar-refractivity contribution in [3.63, 3.8) is 0 Å². The lowest BCUT2D eigenvalue weighted by atomic mass is 10.0. The lowest BCUT2D eigenvalue weighted by molar-refractivity contribution is -0.253. The Labute approximate surface area is 84.3 Å². The van der Waals surface area contributed by atoms with Gasteiger partial charge in [-0.2, -0.15) is 13.2 Å². The first-order valence-electron chi connectivity index (χ1n) is 4.48. The molecule has 1 rings (SSSR count). The normalized spacial score (nSPS) is 28.3. The summed E-state index contributed by atoms with van der Waals surface area (Å²) >= 11 is 0. The average molecular weight is 227 g/mol. The van der Waals surface area contributed by atoms with Crippen LogP contribution < -0.4 is 0 Å². The maximum absolute atomic E-state index is 12.3. The van der Waals surface area contributed by atoms with Crippen molar-refractivity contribution in [3.05, 3.63) is 0 Å². The molecule has 0 aromatic heterocycles. The highest BCUT2D eigenvalue weighted by atomic mass is 19.4. The quantitative estimate of drug-likeness (QED) is 0.735. The number of alkyl halides is 3. The van der Waals surface area contributed by atoms with Crippen molar-refractivity contribution in [3.8, 4) is 0 Å². The summed E-state index contributed by atoms with van der Waals surface area (Å²) in [4.78, 5) is 11.5. The van der Waals surface area contributed by atoms with Gasteiger partial charge in [0.05, 0.1) is 6.42 Å². The standard InChI is InChI=1S/C8H12F3NO3/c9-8(10,11)7(15)2-4-12(5-7)3-1-6(13)14/h15H,1-5H2,(H,13,14). The Kier molecular flexibility index (Phi) is 3.25. The molecular weight excluding hydrogens is 215 g/mol. The number of halogens is 3. The lowest BCUT2D eigenvalue weighted by Crippen LogP contribution is -2.47. The van der Waals surface area contributed by atoms with Crippen LogP contribution in [0, 0.1) is 0 Å². The van der Waals surface area contributed by atoms with E-state index in [1.165, 1.54) is 4.90 Å². The summed E-state index contributed by atoms with van der Waals surface area (Å²) in [7, 11) is 0. The Balaban J connectivity index is 2.48. The first-order valence-corrected chi connectivity index (χ1v) is 4.48. The molecule has 0 amide bonds.